The first-order chi connectivity index (χ1) is 27.5. The molecule has 6 atom stereocenters. The molecule has 2 aromatic rings. The minimum absolute atomic E-state index is 0.0242. The Hall–Kier alpha value is -4.31. The average Bonchev–Trinajstić information content (AvgIpc) is 3.96. The normalized spacial score (nSPS) is 29.9. The fourth-order valence-corrected chi connectivity index (χ4v) is 10.8. The van der Waals surface area contributed by atoms with Crippen molar-refractivity contribution in [3.05, 3.63) is 36.4 Å². The van der Waals surface area contributed by atoms with Crippen LogP contribution in [0.3, 0.4) is 0 Å². The van der Waals surface area contributed by atoms with E-state index in [2.05, 4.69) is 26.6 Å². The lowest BCUT2D eigenvalue weighted by Crippen LogP contribution is -2.57. The summed E-state index contributed by atoms with van der Waals surface area (Å²) in [5.41, 5.74) is 0.125. The van der Waals surface area contributed by atoms with Gasteiger partial charge in [0.05, 0.1) is 42.0 Å². The molecule has 3 saturated carbocycles. The Morgan fingerprint density at radius 1 is 1.07 bits per heavy atom. The standard InChI is InChI=1S/C41H54N6O9S/c1-3-27-22-41(27,39(51)45-57(52,53)30-14-15-30)44-36(49)34-20-29-23-47(34)38(50)31(26-10-5-6-11-26)21-35(48)46-17-7-12-28(46)24-54-18-8-9-25-13-16-33-32(19-25)37(56-29)43-40(42-33)55-4-2/h3,13,16,19,26-31,34H,1,4-12,14-15,17-18,20-24H2,2H3,(H,44,49)(H,45,51)/t27-,28+,29-,31+,34+,41-/m1/s1. The van der Waals surface area contributed by atoms with E-state index in [4.69, 9.17) is 14.2 Å². The predicted octanol–water partition coefficient (Wildman–Crippen LogP) is 3.20. The molecule has 0 spiro atoms. The van der Waals surface area contributed by atoms with Crippen LogP contribution in [-0.2, 0) is 40.4 Å². The number of benzene rings is 1. The van der Waals surface area contributed by atoms with Gasteiger partial charge in [0.2, 0.25) is 33.6 Å². The number of amides is 4. The number of aromatic nitrogens is 2. The van der Waals surface area contributed by atoms with E-state index in [0.29, 0.717) is 50.1 Å². The second-order valence-corrected chi connectivity index (χ2v) is 18.6. The van der Waals surface area contributed by atoms with Crippen LogP contribution < -0.4 is 19.5 Å². The predicted molar refractivity (Wildman–Crippen MR) is 208 cm³/mol. The van der Waals surface area contributed by atoms with Gasteiger partial charge in [-0.3, -0.25) is 23.9 Å². The zero-order chi connectivity index (χ0) is 39.9. The highest BCUT2D eigenvalue weighted by molar-refractivity contribution is 7.91. The minimum Gasteiger partial charge on any atom is -0.472 e. The molecular formula is C41H54N6O9S. The van der Waals surface area contributed by atoms with Gasteiger partial charge in [0.15, 0.2) is 0 Å². The SMILES string of the molecule is C=C[C@@H]1C[C@]1(NC(=O)[C@@H]1C[C@@H]2CN1C(=O)[C@H](C1CCCC1)CC(=O)N1CCC[C@H]1COCCCc1ccc3nc(OCC)nc(c3c1)O2)C(=O)NS(=O)(=O)C1CC1. The molecule has 308 valence electrons. The molecule has 16 heteroatoms. The Bertz CT molecular complexity index is 2020. The van der Waals surface area contributed by atoms with Gasteiger partial charge in [-0.1, -0.05) is 25.0 Å². The van der Waals surface area contributed by atoms with Crippen molar-refractivity contribution in [3.8, 4) is 11.9 Å². The third-order valence-corrected chi connectivity index (χ3v) is 14.6. The van der Waals surface area contributed by atoms with Crippen LogP contribution in [0.15, 0.2) is 30.9 Å². The van der Waals surface area contributed by atoms with Gasteiger partial charge in [0.25, 0.3) is 5.91 Å². The van der Waals surface area contributed by atoms with Gasteiger partial charge in [0.1, 0.15) is 17.7 Å². The van der Waals surface area contributed by atoms with Crippen molar-refractivity contribution >= 4 is 44.6 Å². The highest BCUT2D eigenvalue weighted by Gasteiger charge is 2.62. The first-order valence-corrected chi connectivity index (χ1v) is 22.3. The summed E-state index contributed by atoms with van der Waals surface area (Å²) >= 11 is 0. The number of aryl methyl sites for hydroxylation is 1. The number of carbonyl (C=O) groups is 4. The summed E-state index contributed by atoms with van der Waals surface area (Å²) in [5, 5.41) is 2.91. The van der Waals surface area contributed by atoms with E-state index < -0.39 is 56.6 Å². The van der Waals surface area contributed by atoms with Crippen LogP contribution in [0, 0.1) is 17.8 Å². The molecule has 1 aromatic carbocycles. The number of sulfonamides is 1. The largest absolute Gasteiger partial charge is 0.472 e. The molecule has 2 N–H and O–H groups in total. The van der Waals surface area contributed by atoms with Crippen LogP contribution in [0.5, 0.6) is 11.9 Å². The molecule has 2 saturated heterocycles. The number of carbonyl (C=O) groups excluding carboxylic acids is 4. The Kier molecular flexibility index (Phi) is 11.2. The summed E-state index contributed by atoms with van der Waals surface area (Å²) in [6, 6.07) is 4.89. The van der Waals surface area contributed by atoms with E-state index in [-0.39, 0.29) is 61.5 Å². The zero-order valence-electron chi connectivity index (χ0n) is 32.7. The van der Waals surface area contributed by atoms with Crippen molar-refractivity contribution in [3.63, 3.8) is 0 Å². The quantitative estimate of drug-likeness (QED) is 0.355. The number of ether oxygens (including phenoxy) is 3. The van der Waals surface area contributed by atoms with Gasteiger partial charge < -0.3 is 29.3 Å². The van der Waals surface area contributed by atoms with Crippen molar-refractivity contribution in [2.45, 2.75) is 119 Å². The monoisotopic (exact) mass is 806 g/mol. The third-order valence-electron chi connectivity index (χ3n) is 12.8. The van der Waals surface area contributed by atoms with Crippen molar-refractivity contribution in [2.75, 3.05) is 32.9 Å². The van der Waals surface area contributed by atoms with Crippen molar-refractivity contribution in [1.82, 2.24) is 29.8 Å². The smallest absolute Gasteiger partial charge is 0.320 e. The zero-order valence-corrected chi connectivity index (χ0v) is 33.5. The highest BCUT2D eigenvalue weighted by atomic mass is 32.2. The molecular weight excluding hydrogens is 753 g/mol. The van der Waals surface area contributed by atoms with E-state index in [9.17, 15) is 22.8 Å². The number of rotatable bonds is 9. The molecule has 4 bridgehead atoms. The van der Waals surface area contributed by atoms with Gasteiger partial charge in [-0.15, -0.1) is 6.58 Å². The molecule has 4 amide bonds. The maximum absolute atomic E-state index is 15.0. The molecule has 8 rings (SSSR count). The first kappa shape index (κ1) is 39.5. The maximum Gasteiger partial charge on any atom is 0.320 e. The van der Waals surface area contributed by atoms with Crippen molar-refractivity contribution < 1.29 is 41.8 Å². The lowest BCUT2D eigenvalue weighted by Gasteiger charge is -2.33. The van der Waals surface area contributed by atoms with Crippen LogP contribution >= 0.6 is 0 Å². The molecule has 0 radical (unpaired) electrons. The molecule has 0 unspecified atom stereocenters. The number of hydrogen-bond acceptors (Lipinski definition) is 11. The average molecular weight is 807 g/mol. The molecule has 1 aromatic heterocycles. The third kappa shape index (κ3) is 8.21. The fraction of sp³-hybridized carbons (Fsp3) is 0.659. The second-order valence-electron chi connectivity index (χ2n) is 16.7. The number of hydrogen-bond donors (Lipinski definition) is 2. The molecule has 3 aliphatic carbocycles. The highest BCUT2D eigenvalue weighted by Crippen LogP contribution is 2.46. The summed E-state index contributed by atoms with van der Waals surface area (Å²) in [6.07, 6.45) is 8.75. The van der Waals surface area contributed by atoms with Gasteiger partial charge in [-0.05, 0) is 88.3 Å². The number of nitrogens with zero attached hydrogens (tertiary/aromatic N) is 4. The minimum atomic E-state index is -3.89. The summed E-state index contributed by atoms with van der Waals surface area (Å²) in [5.74, 6) is -2.73. The Morgan fingerprint density at radius 3 is 2.61 bits per heavy atom. The van der Waals surface area contributed by atoms with Crippen LogP contribution in [0.1, 0.15) is 89.5 Å². The fourth-order valence-electron chi connectivity index (χ4n) is 9.39. The summed E-state index contributed by atoms with van der Waals surface area (Å²) in [7, 11) is -3.89. The summed E-state index contributed by atoms with van der Waals surface area (Å²) in [4.78, 5) is 70.0. The van der Waals surface area contributed by atoms with Crippen LogP contribution in [0.2, 0.25) is 0 Å². The number of nitrogens with one attached hydrogen (secondary N) is 2. The van der Waals surface area contributed by atoms with E-state index in [1.165, 1.54) is 11.0 Å². The molecule has 5 fully saturated rings. The molecule has 4 heterocycles. The van der Waals surface area contributed by atoms with Gasteiger partial charge in [0, 0.05) is 37.8 Å². The van der Waals surface area contributed by atoms with Crippen LogP contribution in [0.4, 0.5) is 0 Å². The van der Waals surface area contributed by atoms with Crippen LogP contribution in [0.25, 0.3) is 10.9 Å². The van der Waals surface area contributed by atoms with E-state index in [0.717, 1.165) is 56.9 Å². The van der Waals surface area contributed by atoms with E-state index in [1.54, 1.807) is 0 Å². The maximum atomic E-state index is 15.0. The van der Waals surface area contributed by atoms with Gasteiger partial charge in [-0.25, -0.2) is 8.42 Å². The topological polar surface area (TPSA) is 186 Å². The van der Waals surface area contributed by atoms with Crippen LogP contribution in [-0.4, -0.2) is 114 Å². The summed E-state index contributed by atoms with van der Waals surface area (Å²) in [6.45, 7) is 7.60. The van der Waals surface area contributed by atoms with Gasteiger partial charge in [-0.2, -0.15) is 9.97 Å². The lowest BCUT2D eigenvalue weighted by molar-refractivity contribution is -0.147. The number of fused-ring (bicyclic) bond motifs is 4. The van der Waals surface area contributed by atoms with E-state index in [1.807, 2.05) is 30.0 Å². The Labute approximate surface area is 333 Å². The van der Waals surface area contributed by atoms with Crippen molar-refractivity contribution in [1.29, 1.82) is 0 Å². The lowest BCUT2D eigenvalue weighted by atomic mass is 9.86. The van der Waals surface area contributed by atoms with Gasteiger partial charge >= 0.3 is 6.01 Å². The van der Waals surface area contributed by atoms with E-state index >= 15 is 4.79 Å². The first-order valence-electron chi connectivity index (χ1n) is 20.8. The van der Waals surface area contributed by atoms with Crippen molar-refractivity contribution in [2.24, 2.45) is 17.8 Å². The second kappa shape index (κ2) is 16.1. The molecule has 15 nitrogen and oxygen atoms in total. The molecule has 57 heavy (non-hydrogen) atoms. The Morgan fingerprint density at radius 2 is 1.88 bits per heavy atom. The molecule has 6 aliphatic rings. The summed E-state index contributed by atoms with van der Waals surface area (Å²) < 4.78 is 46.3. The molecule has 3 aliphatic heterocycles. The Balaban J connectivity index is 1.14.